The Kier molecular flexibility index (Phi) is 6.13. The van der Waals surface area contributed by atoms with E-state index in [0.29, 0.717) is 43.0 Å². The van der Waals surface area contributed by atoms with Gasteiger partial charge in [-0.15, -0.1) is 0 Å². The number of carbonyl (C=O) groups is 1. The molecule has 33 heavy (non-hydrogen) atoms. The van der Waals surface area contributed by atoms with Crippen molar-refractivity contribution in [3.05, 3.63) is 65.5 Å². The number of nitrogens with one attached hydrogen (secondary N) is 1. The predicted molar refractivity (Wildman–Crippen MR) is 116 cm³/mol. The summed E-state index contributed by atoms with van der Waals surface area (Å²) in [5.74, 6) is -2.97. The summed E-state index contributed by atoms with van der Waals surface area (Å²) < 4.78 is 40.6. The Morgan fingerprint density at radius 3 is 2.64 bits per heavy atom. The van der Waals surface area contributed by atoms with E-state index >= 15 is 0 Å². The zero-order chi connectivity index (χ0) is 23.5. The summed E-state index contributed by atoms with van der Waals surface area (Å²) in [6.45, 7) is 0.944. The van der Waals surface area contributed by atoms with Gasteiger partial charge in [0.15, 0.2) is 11.6 Å². The number of nitriles is 1. The smallest absolute Gasteiger partial charge is 0.229 e. The van der Waals surface area contributed by atoms with E-state index in [2.05, 4.69) is 15.3 Å². The third kappa shape index (κ3) is 4.87. The first-order valence-electron chi connectivity index (χ1n) is 10.2. The maximum atomic E-state index is 14.1. The van der Waals surface area contributed by atoms with E-state index in [4.69, 9.17) is 11.0 Å². The molecule has 1 fully saturated rings. The summed E-state index contributed by atoms with van der Waals surface area (Å²) in [5, 5.41) is 11.5. The number of amides is 1. The molecule has 1 aromatic heterocycles. The Hall–Kier alpha value is -4.13. The number of nitrogen functional groups attached to an aromatic ring is 1. The van der Waals surface area contributed by atoms with Crippen LogP contribution in [0.1, 0.15) is 18.4 Å². The Morgan fingerprint density at radius 2 is 1.91 bits per heavy atom. The third-order valence-corrected chi connectivity index (χ3v) is 5.42. The van der Waals surface area contributed by atoms with Crippen LogP contribution < -0.4 is 16.0 Å². The van der Waals surface area contributed by atoms with Crippen LogP contribution in [0.4, 0.5) is 30.6 Å². The fourth-order valence-electron chi connectivity index (χ4n) is 3.75. The van der Waals surface area contributed by atoms with Crippen LogP contribution in [-0.2, 0) is 4.79 Å². The molecule has 4 rings (SSSR count). The van der Waals surface area contributed by atoms with Gasteiger partial charge in [0, 0.05) is 36.5 Å². The molecule has 0 radical (unpaired) electrons. The quantitative estimate of drug-likeness (QED) is 0.622. The molecule has 3 aromatic rings. The minimum absolute atomic E-state index is 0.0133. The van der Waals surface area contributed by atoms with E-state index in [1.165, 1.54) is 18.2 Å². The second-order valence-corrected chi connectivity index (χ2v) is 7.68. The van der Waals surface area contributed by atoms with E-state index in [1.807, 2.05) is 4.90 Å². The summed E-state index contributed by atoms with van der Waals surface area (Å²) >= 11 is 0. The molecule has 1 aliphatic heterocycles. The van der Waals surface area contributed by atoms with Crippen LogP contribution in [-0.4, -0.2) is 29.0 Å². The first-order valence-corrected chi connectivity index (χ1v) is 10.2. The van der Waals surface area contributed by atoms with Gasteiger partial charge < -0.3 is 16.0 Å². The summed E-state index contributed by atoms with van der Waals surface area (Å²) in [7, 11) is 0. The Labute approximate surface area is 187 Å². The fourth-order valence-corrected chi connectivity index (χ4v) is 3.75. The van der Waals surface area contributed by atoms with Crippen molar-refractivity contribution in [3.63, 3.8) is 0 Å². The van der Waals surface area contributed by atoms with Crippen molar-refractivity contribution in [2.45, 2.75) is 12.8 Å². The van der Waals surface area contributed by atoms with E-state index < -0.39 is 23.4 Å². The SMILES string of the molecule is N#Cc1ccc(-c2cc(N3CCC[C@H](C(=O)Nc4ccc(F)c(F)c4)C3)nc(N)n2)cc1F. The van der Waals surface area contributed by atoms with Gasteiger partial charge in [0.25, 0.3) is 0 Å². The molecule has 0 aliphatic carbocycles. The highest BCUT2D eigenvalue weighted by Crippen LogP contribution is 2.28. The average molecular weight is 452 g/mol. The highest BCUT2D eigenvalue weighted by atomic mass is 19.2. The van der Waals surface area contributed by atoms with Gasteiger partial charge in [-0.1, -0.05) is 6.07 Å². The third-order valence-electron chi connectivity index (χ3n) is 5.42. The van der Waals surface area contributed by atoms with Crippen LogP contribution in [0, 0.1) is 34.7 Å². The van der Waals surface area contributed by atoms with Crippen LogP contribution in [0.5, 0.6) is 0 Å². The van der Waals surface area contributed by atoms with E-state index in [9.17, 15) is 18.0 Å². The molecule has 0 saturated carbocycles. The Bertz CT molecular complexity index is 1260. The molecule has 1 atom stereocenters. The van der Waals surface area contributed by atoms with E-state index in [0.717, 1.165) is 12.1 Å². The van der Waals surface area contributed by atoms with E-state index in [1.54, 1.807) is 18.2 Å². The van der Waals surface area contributed by atoms with Crippen molar-refractivity contribution in [1.29, 1.82) is 5.26 Å². The van der Waals surface area contributed by atoms with Crippen LogP contribution in [0.3, 0.4) is 0 Å². The van der Waals surface area contributed by atoms with Gasteiger partial charge in [-0.3, -0.25) is 4.79 Å². The zero-order valence-electron chi connectivity index (χ0n) is 17.4. The van der Waals surface area contributed by atoms with Gasteiger partial charge in [0.2, 0.25) is 11.9 Å². The topological polar surface area (TPSA) is 108 Å². The van der Waals surface area contributed by atoms with Crippen molar-refractivity contribution >= 4 is 23.4 Å². The molecule has 0 bridgehead atoms. The molecule has 1 aliphatic rings. The highest BCUT2D eigenvalue weighted by Gasteiger charge is 2.27. The van der Waals surface area contributed by atoms with Gasteiger partial charge in [0.1, 0.15) is 17.7 Å². The number of hydrogen-bond acceptors (Lipinski definition) is 6. The van der Waals surface area contributed by atoms with Crippen LogP contribution in [0.25, 0.3) is 11.3 Å². The molecule has 2 heterocycles. The minimum Gasteiger partial charge on any atom is -0.368 e. The number of nitrogens with two attached hydrogens (primary N) is 1. The molecule has 0 spiro atoms. The first kappa shape index (κ1) is 22.1. The van der Waals surface area contributed by atoms with Crippen LogP contribution in [0.15, 0.2) is 42.5 Å². The Balaban J connectivity index is 1.53. The molecule has 3 N–H and O–H groups in total. The maximum Gasteiger partial charge on any atom is 0.229 e. The number of carbonyl (C=O) groups excluding carboxylic acids is 1. The van der Waals surface area contributed by atoms with Gasteiger partial charge in [-0.2, -0.15) is 10.2 Å². The lowest BCUT2D eigenvalue weighted by Crippen LogP contribution is -2.41. The van der Waals surface area contributed by atoms with Crippen LogP contribution >= 0.6 is 0 Å². The van der Waals surface area contributed by atoms with Gasteiger partial charge in [-0.05, 0) is 37.1 Å². The lowest BCUT2D eigenvalue weighted by molar-refractivity contribution is -0.120. The van der Waals surface area contributed by atoms with Gasteiger partial charge in [0.05, 0.1) is 17.2 Å². The molecule has 1 saturated heterocycles. The predicted octanol–water partition coefficient (Wildman–Crippen LogP) is 3.87. The number of piperidine rings is 1. The monoisotopic (exact) mass is 452 g/mol. The molecule has 1 amide bonds. The van der Waals surface area contributed by atoms with Gasteiger partial charge >= 0.3 is 0 Å². The van der Waals surface area contributed by atoms with Crippen molar-refractivity contribution < 1.29 is 18.0 Å². The largest absolute Gasteiger partial charge is 0.368 e. The fraction of sp³-hybridized carbons (Fsp3) is 0.217. The number of rotatable bonds is 4. The molecule has 10 heteroatoms. The molecular weight excluding hydrogens is 433 g/mol. The van der Waals surface area contributed by atoms with Crippen molar-refractivity contribution in [2.24, 2.45) is 5.92 Å². The highest BCUT2D eigenvalue weighted by molar-refractivity contribution is 5.93. The second kappa shape index (κ2) is 9.16. The molecule has 7 nitrogen and oxygen atoms in total. The average Bonchev–Trinajstić information content (AvgIpc) is 2.81. The maximum absolute atomic E-state index is 14.1. The second-order valence-electron chi connectivity index (χ2n) is 7.68. The Morgan fingerprint density at radius 1 is 1.09 bits per heavy atom. The molecular formula is C23H19F3N6O. The number of anilines is 3. The normalized spacial score (nSPS) is 15.7. The molecule has 168 valence electrons. The lowest BCUT2D eigenvalue weighted by atomic mass is 9.97. The number of hydrogen-bond donors (Lipinski definition) is 2. The minimum atomic E-state index is -1.04. The zero-order valence-corrected chi connectivity index (χ0v) is 17.4. The summed E-state index contributed by atoms with van der Waals surface area (Å²) in [5.41, 5.74) is 6.80. The summed E-state index contributed by atoms with van der Waals surface area (Å²) in [6.07, 6.45) is 1.31. The van der Waals surface area contributed by atoms with Crippen LogP contribution in [0.2, 0.25) is 0 Å². The lowest BCUT2D eigenvalue weighted by Gasteiger charge is -2.33. The number of halogens is 3. The standard InChI is InChI=1S/C23H19F3N6O/c24-17-6-5-16(9-19(17)26)29-22(33)15-2-1-7-32(12-15)21-10-20(30-23(28)31-21)13-3-4-14(11-27)18(25)8-13/h3-6,8-10,15H,1-2,7,12H2,(H,29,33)(H2,28,30,31)/t15-/m0/s1. The number of aromatic nitrogens is 2. The summed E-state index contributed by atoms with van der Waals surface area (Å²) in [4.78, 5) is 23.0. The van der Waals surface area contributed by atoms with Crippen molar-refractivity contribution in [3.8, 4) is 17.3 Å². The van der Waals surface area contributed by atoms with Crippen molar-refractivity contribution in [1.82, 2.24) is 9.97 Å². The molecule has 2 aromatic carbocycles. The first-order chi connectivity index (χ1) is 15.8. The van der Waals surface area contributed by atoms with Gasteiger partial charge in [-0.25, -0.2) is 18.2 Å². The molecule has 0 unspecified atom stereocenters. The van der Waals surface area contributed by atoms with Crippen molar-refractivity contribution in [2.75, 3.05) is 29.0 Å². The van der Waals surface area contributed by atoms with E-state index in [-0.39, 0.29) is 23.1 Å². The number of nitrogens with zero attached hydrogens (tertiary/aromatic N) is 4. The number of benzene rings is 2. The summed E-state index contributed by atoms with van der Waals surface area (Å²) in [6, 6.07) is 10.7.